The number of benzene rings is 1. The van der Waals surface area contributed by atoms with Crippen LogP contribution < -0.4 is 16.6 Å². The summed E-state index contributed by atoms with van der Waals surface area (Å²) in [7, 11) is 0. The van der Waals surface area contributed by atoms with Crippen LogP contribution in [-0.4, -0.2) is 15.0 Å². The number of nitrogens with two attached hydrogens (primary N) is 1. The summed E-state index contributed by atoms with van der Waals surface area (Å²) >= 11 is 0. The van der Waals surface area contributed by atoms with Gasteiger partial charge in [-0.25, -0.2) is 15.8 Å². The predicted octanol–water partition coefficient (Wildman–Crippen LogP) is 2.67. The number of pyridine rings is 1. The standard InChI is InChI=1S/C15H16N6/c1-9-6-7-11-4-3-5-12(15(11)17-9)20-13-8-14(21-16)19-10(2)18-13/h3-8H,16H2,1-2H3,(H2,18,19,20,21). The summed E-state index contributed by atoms with van der Waals surface area (Å²) in [6.07, 6.45) is 0. The predicted molar refractivity (Wildman–Crippen MR) is 84.3 cm³/mol. The van der Waals surface area contributed by atoms with Gasteiger partial charge in [-0.1, -0.05) is 18.2 Å². The van der Waals surface area contributed by atoms with Crippen molar-refractivity contribution in [3.63, 3.8) is 0 Å². The first-order valence-electron chi connectivity index (χ1n) is 6.61. The van der Waals surface area contributed by atoms with Gasteiger partial charge >= 0.3 is 0 Å². The Labute approximate surface area is 122 Å². The van der Waals surface area contributed by atoms with E-state index in [1.807, 2.05) is 38.1 Å². The number of anilines is 3. The highest BCUT2D eigenvalue weighted by molar-refractivity contribution is 5.92. The maximum Gasteiger partial charge on any atom is 0.145 e. The van der Waals surface area contributed by atoms with E-state index < -0.39 is 0 Å². The molecule has 0 bridgehead atoms. The SMILES string of the molecule is Cc1ccc2cccc(Nc3cc(NN)nc(C)n3)c2n1. The molecule has 0 fully saturated rings. The van der Waals surface area contributed by atoms with Crippen molar-refractivity contribution >= 4 is 28.2 Å². The van der Waals surface area contributed by atoms with E-state index in [0.717, 1.165) is 22.3 Å². The van der Waals surface area contributed by atoms with Gasteiger partial charge < -0.3 is 10.7 Å². The molecule has 0 saturated heterocycles. The Bertz CT molecular complexity index is 799. The number of aryl methyl sites for hydroxylation is 2. The van der Waals surface area contributed by atoms with Gasteiger partial charge in [0.1, 0.15) is 17.5 Å². The van der Waals surface area contributed by atoms with Gasteiger partial charge in [0.15, 0.2) is 0 Å². The minimum atomic E-state index is 0.564. The van der Waals surface area contributed by atoms with E-state index >= 15 is 0 Å². The summed E-state index contributed by atoms with van der Waals surface area (Å²) in [5, 5.41) is 4.36. The lowest BCUT2D eigenvalue weighted by molar-refractivity contribution is 1.05. The molecule has 0 saturated carbocycles. The molecule has 2 heterocycles. The smallest absolute Gasteiger partial charge is 0.145 e. The molecule has 0 unspecified atom stereocenters. The van der Waals surface area contributed by atoms with E-state index in [2.05, 4.69) is 31.8 Å². The molecule has 6 nitrogen and oxygen atoms in total. The molecule has 21 heavy (non-hydrogen) atoms. The molecule has 0 aliphatic carbocycles. The fourth-order valence-electron chi connectivity index (χ4n) is 2.19. The van der Waals surface area contributed by atoms with Crippen LogP contribution >= 0.6 is 0 Å². The molecule has 0 atom stereocenters. The zero-order valence-electron chi connectivity index (χ0n) is 11.9. The number of nitrogens with one attached hydrogen (secondary N) is 2. The molecule has 0 spiro atoms. The first kappa shape index (κ1) is 13.3. The van der Waals surface area contributed by atoms with E-state index in [1.54, 1.807) is 6.07 Å². The average molecular weight is 280 g/mol. The van der Waals surface area contributed by atoms with Crippen molar-refractivity contribution in [2.45, 2.75) is 13.8 Å². The number of nitrogen functional groups attached to an aromatic ring is 1. The normalized spacial score (nSPS) is 10.6. The summed E-state index contributed by atoms with van der Waals surface area (Å²) in [4.78, 5) is 13.1. The first-order chi connectivity index (χ1) is 10.2. The van der Waals surface area contributed by atoms with Crippen molar-refractivity contribution in [3.8, 4) is 0 Å². The van der Waals surface area contributed by atoms with Gasteiger partial charge in [-0.3, -0.25) is 4.98 Å². The van der Waals surface area contributed by atoms with E-state index in [-0.39, 0.29) is 0 Å². The van der Waals surface area contributed by atoms with Crippen LogP contribution in [0.25, 0.3) is 10.9 Å². The Morgan fingerprint density at radius 2 is 1.76 bits per heavy atom. The minimum Gasteiger partial charge on any atom is -0.338 e. The number of hydrogen-bond donors (Lipinski definition) is 3. The lowest BCUT2D eigenvalue weighted by Gasteiger charge is -2.10. The van der Waals surface area contributed by atoms with Gasteiger partial charge in [0.05, 0.1) is 11.2 Å². The van der Waals surface area contributed by atoms with Crippen molar-refractivity contribution in [2.75, 3.05) is 10.7 Å². The molecule has 0 amide bonds. The van der Waals surface area contributed by atoms with E-state index in [9.17, 15) is 0 Å². The number of aromatic nitrogens is 3. The summed E-state index contributed by atoms with van der Waals surface area (Å²) in [5.74, 6) is 7.28. The number of nitrogens with zero attached hydrogens (tertiary/aromatic N) is 3. The molecular weight excluding hydrogens is 264 g/mol. The molecule has 4 N–H and O–H groups in total. The fourth-order valence-corrected chi connectivity index (χ4v) is 2.19. The molecule has 0 aliphatic rings. The summed E-state index contributed by atoms with van der Waals surface area (Å²) in [6, 6.07) is 11.8. The van der Waals surface area contributed by atoms with Crippen LogP contribution in [0.2, 0.25) is 0 Å². The molecule has 3 aromatic rings. The van der Waals surface area contributed by atoms with Crippen LogP contribution in [0, 0.1) is 13.8 Å². The van der Waals surface area contributed by atoms with Gasteiger partial charge in [-0.2, -0.15) is 0 Å². The van der Waals surface area contributed by atoms with Crippen LogP contribution in [0.3, 0.4) is 0 Å². The Morgan fingerprint density at radius 3 is 2.57 bits per heavy atom. The molecule has 0 aliphatic heterocycles. The van der Waals surface area contributed by atoms with Crippen molar-refractivity contribution in [1.82, 2.24) is 15.0 Å². The Kier molecular flexibility index (Phi) is 3.37. The van der Waals surface area contributed by atoms with Gasteiger partial charge in [0, 0.05) is 17.1 Å². The molecule has 2 aromatic heterocycles. The topological polar surface area (TPSA) is 88.8 Å². The van der Waals surface area contributed by atoms with E-state index in [1.165, 1.54) is 0 Å². The highest BCUT2D eigenvalue weighted by Crippen LogP contribution is 2.25. The molecule has 106 valence electrons. The third kappa shape index (κ3) is 2.75. The number of hydrogen-bond acceptors (Lipinski definition) is 6. The van der Waals surface area contributed by atoms with E-state index in [0.29, 0.717) is 17.5 Å². The van der Waals surface area contributed by atoms with Crippen LogP contribution in [0.4, 0.5) is 17.3 Å². The summed E-state index contributed by atoms with van der Waals surface area (Å²) in [5.41, 5.74) is 5.32. The molecule has 6 heteroatoms. The third-order valence-electron chi connectivity index (χ3n) is 3.11. The second-order valence-corrected chi connectivity index (χ2v) is 4.78. The highest BCUT2D eigenvalue weighted by Gasteiger charge is 2.06. The number of rotatable bonds is 3. The lowest BCUT2D eigenvalue weighted by atomic mass is 10.1. The van der Waals surface area contributed by atoms with Gasteiger partial charge in [0.25, 0.3) is 0 Å². The second kappa shape index (κ2) is 5.34. The molecule has 3 rings (SSSR count). The van der Waals surface area contributed by atoms with Crippen LogP contribution in [0.5, 0.6) is 0 Å². The largest absolute Gasteiger partial charge is 0.338 e. The minimum absolute atomic E-state index is 0.564. The summed E-state index contributed by atoms with van der Waals surface area (Å²) in [6.45, 7) is 3.79. The first-order valence-corrected chi connectivity index (χ1v) is 6.61. The Hall–Kier alpha value is -2.73. The molecule has 0 radical (unpaired) electrons. The lowest BCUT2D eigenvalue weighted by Crippen LogP contribution is -2.10. The second-order valence-electron chi connectivity index (χ2n) is 4.78. The quantitative estimate of drug-likeness (QED) is 0.505. The van der Waals surface area contributed by atoms with Gasteiger partial charge in [-0.15, -0.1) is 0 Å². The van der Waals surface area contributed by atoms with Crippen molar-refractivity contribution < 1.29 is 0 Å². The zero-order chi connectivity index (χ0) is 14.8. The number of hydrazine groups is 1. The average Bonchev–Trinajstić information content (AvgIpc) is 2.47. The van der Waals surface area contributed by atoms with Gasteiger partial charge in [-0.05, 0) is 26.0 Å². The van der Waals surface area contributed by atoms with Gasteiger partial charge in [0.2, 0.25) is 0 Å². The number of fused-ring (bicyclic) bond motifs is 1. The zero-order valence-corrected chi connectivity index (χ0v) is 11.9. The van der Waals surface area contributed by atoms with Crippen LogP contribution in [0.15, 0.2) is 36.4 Å². The maximum absolute atomic E-state index is 5.41. The van der Waals surface area contributed by atoms with Crippen LogP contribution in [-0.2, 0) is 0 Å². The maximum atomic E-state index is 5.41. The van der Waals surface area contributed by atoms with E-state index in [4.69, 9.17) is 5.84 Å². The fraction of sp³-hybridized carbons (Fsp3) is 0.133. The molecule has 1 aromatic carbocycles. The Balaban J connectivity index is 2.05. The monoisotopic (exact) mass is 280 g/mol. The van der Waals surface area contributed by atoms with Crippen molar-refractivity contribution in [2.24, 2.45) is 5.84 Å². The Morgan fingerprint density at radius 1 is 0.952 bits per heavy atom. The summed E-state index contributed by atoms with van der Waals surface area (Å²) < 4.78 is 0. The third-order valence-corrected chi connectivity index (χ3v) is 3.11. The van der Waals surface area contributed by atoms with Crippen LogP contribution in [0.1, 0.15) is 11.5 Å². The number of para-hydroxylation sites is 1. The highest BCUT2D eigenvalue weighted by atomic mass is 15.3. The van der Waals surface area contributed by atoms with Crippen molar-refractivity contribution in [1.29, 1.82) is 0 Å². The molecular formula is C15H16N6. The van der Waals surface area contributed by atoms with Crippen molar-refractivity contribution in [3.05, 3.63) is 47.9 Å².